The normalized spacial score (nSPS) is 10.2. The van der Waals surface area contributed by atoms with Gasteiger partial charge < -0.3 is 20.1 Å². The van der Waals surface area contributed by atoms with Crippen molar-refractivity contribution in [3.8, 4) is 11.5 Å². The van der Waals surface area contributed by atoms with Gasteiger partial charge in [0.2, 0.25) is 5.95 Å². The molecule has 0 spiro atoms. The van der Waals surface area contributed by atoms with E-state index >= 15 is 0 Å². The van der Waals surface area contributed by atoms with E-state index in [1.54, 1.807) is 57.8 Å². The molecule has 0 aliphatic rings. The van der Waals surface area contributed by atoms with Crippen molar-refractivity contribution in [1.82, 2.24) is 20.3 Å². The molecule has 2 aromatic heterocycles. The maximum Gasteiger partial charge on any atom is 0.270 e. The van der Waals surface area contributed by atoms with Crippen LogP contribution in [0.1, 0.15) is 21.7 Å². The SMILES string of the molecule is COc1ccc(OC)c(Nc2nc(C)cc(C(=O)NCc3cccnc3)n2)c1. The first-order valence-corrected chi connectivity index (χ1v) is 8.61. The van der Waals surface area contributed by atoms with Gasteiger partial charge in [-0.2, -0.15) is 0 Å². The molecule has 1 amide bonds. The largest absolute Gasteiger partial charge is 0.497 e. The lowest BCUT2D eigenvalue weighted by Gasteiger charge is -2.13. The zero-order chi connectivity index (χ0) is 19.9. The van der Waals surface area contributed by atoms with Crippen molar-refractivity contribution < 1.29 is 14.3 Å². The van der Waals surface area contributed by atoms with Gasteiger partial charge in [-0.1, -0.05) is 6.07 Å². The molecule has 0 radical (unpaired) electrons. The average molecular weight is 379 g/mol. The number of aryl methyl sites for hydroxylation is 1. The fourth-order valence-electron chi connectivity index (χ4n) is 2.55. The second kappa shape index (κ2) is 8.81. The molecule has 3 aromatic rings. The van der Waals surface area contributed by atoms with E-state index in [1.165, 1.54) is 0 Å². The second-order valence-electron chi connectivity index (χ2n) is 5.95. The van der Waals surface area contributed by atoms with Crippen molar-refractivity contribution in [2.45, 2.75) is 13.5 Å². The molecule has 0 aliphatic carbocycles. The number of hydrogen-bond donors (Lipinski definition) is 2. The van der Waals surface area contributed by atoms with Crippen LogP contribution in [0.5, 0.6) is 11.5 Å². The minimum atomic E-state index is -0.296. The highest BCUT2D eigenvalue weighted by Crippen LogP contribution is 2.30. The number of methoxy groups -OCH3 is 2. The number of rotatable bonds is 7. The van der Waals surface area contributed by atoms with Crippen LogP contribution in [0.15, 0.2) is 48.8 Å². The summed E-state index contributed by atoms with van der Waals surface area (Å²) in [6, 6.07) is 10.7. The van der Waals surface area contributed by atoms with Crippen LogP contribution in [0.4, 0.5) is 11.6 Å². The van der Waals surface area contributed by atoms with Crippen LogP contribution in [0, 0.1) is 6.92 Å². The van der Waals surface area contributed by atoms with Gasteiger partial charge in [0.1, 0.15) is 17.2 Å². The van der Waals surface area contributed by atoms with Crippen LogP contribution >= 0.6 is 0 Å². The van der Waals surface area contributed by atoms with Crippen molar-refractivity contribution in [3.05, 3.63) is 65.7 Å². The molecule has 0 saturated heterocycles. The molecule has 28 heavy (non-hydrogen) atoms. The fourth-order valence-corrected chi connectivity index (χ4v) is 2.55. The third kappa shape index (κ3) is 4.73. The number of benzene rings is 1. The molecule has 144 valence electrons. The first kappa shape index (κ1) is 19.1. The number of anilines is 2. The Kier molecular flexibility index (Phi) is 6.01. The Labute approximate surface area is 163 Å². The number of nitrogens with one attached hydrogen (secondary N) is 2. The Hall–Kier alpha value is -3.68. The first-order valence-electron chi connectivity index (χ1n) is 8.61. The molecule has 8 heteroatoms. The summed E-state index contributed by atoms with van der Waals surface area (Å²) in [6.45, 7) is 2.16. The van der Waals surface area contributed by atoms with Crippen molar-refractivity contribution in [1.29, 1.82) is 0 Å². The van der Waals surface area contributed by atoms with Gasteiger partial charge >= 0.3 is 0 Å². The zero-order valence-electron chi connectivity index (χ0n) is 15.9. The lowest BCUT2D eigenvalue weighted by Crippen LogP contribution is -2.24. The number of hydrogen-bond acceptors (Lipinski definition) is 7. The van der Waals surface area contributed by atoms with E-state index in [2.05, 4.69) is 25.6 Å². The van der Waals surface area contributed by atoms with E-state index in [1.807, 2.05) is 12.1 Å². The summed E-state index contributed by atoms with van der Waals surface area (Å²) >= 11 is 0. The highest BCUT2D eigenvalue weighted by Gasteiger charge is 2.13. The third-order valence-corrected chi connectivity index (χ3v) is 3.92. The first-order chi connectivity index (χ1) is 13.6. The molecular weight excluding hydrogens is 358 g/mol. The van der Waals surface area contributed by atoms with Gasteiger partial charge in [-0.25, -0.2) is 9.97 Å². The number of nitrogens with zero attached hydrogens (tertiary/aromatic N) is 3. The Morgan fingerprint density at radius 1 is 1.11 bits per heavy atom. The fraction of sp³-hybridized carbons (Fsp3) is 0.200. The summed E-state index contributed by atoms with van der Waals surface area (Å²) in [6.07, 6.45) is 3.39. The number of ether oxygens (including phenoxy) is 2. The van der Waals surface area contributed by atoms with Gasteiger partial charge in [-0.15, -0.1) is 0 Å². The lowest BCUT2D eigenvalue weighted by atomic mass is 10.2. The standard InChI is InChI=1S/C20H21N5O3/c1-13-9-17(19(26)22-12-14-5-4-8-21-11-14)25-20(23-13)24-16-10-15(27-2)6-7-18(16)28-3/h4-11H,12H2,1-3H3,(H,22,26)(H,23,24,25). The zero-order valence-corrected chi connectivity index (χ0v) is 15.9. The van der Waals surface area contributed by atoms with Crippen LogP contribution in [0.25, 0.3) is 0 Å². The molecule has 0 atom stereocenters. The number of amides is 1. The van der Waals surface area contributed by atoms with E-state index in [0.717, 1.165) is 5.56 Å². The van der Waals surface area contributed by atoms with Crippen molar-refractivity contribution in [2.24, 2.45) is 0 Å². The van der Waals surface area contributed by atoms with Crippen LogP contribution in [-0.2, 0) is 6.54 Å². The molecule has 2 N–H and O–H groups in total. The van der Waals surface area contributed by atoms with E-state index in [0.29, 0.717) is 29.4 Å². The molecule has 1 aromatic carbocycles. The summed E-state index contributed by atoms with van der Waals surface area (Å²) in [5, 5.41) is 5.92. The number of pyridine rings is 1. The van der Waals surface area contributed by atoms with Gasteiger partial charge in [-0.3, -0.25) is 9.78 Å². The number of carbonyl (C=O) groups is 1. The molecule has 0 unspecified atom stereocenters. The quantitative estimate of drug-likeness (QED) is 0.651. The topological polar surface area (TPSA) is 98.3 Å². The average Bonchev–Trinajstić information content (AvgIpc) is 2.72. The molecule has 0 fully saturated rings. The summed E-state index contributed by atoms with van der Waals surface area (Å²) in [4.78, 5) is 25.2. The smallest absolute Gasteiger partial charge is 0.270 e. The predicted octanol–water partition coefficient (Wildman–Crippen LogP) is 2.87. The number of aromatic nitrogens is 3. The van der Waals surface area contributed by atoms with Crippen LogP contribution in [0.3, 0.4) is 0 Å². The molecule has 0 saturated carbocycles. The van der Waals surface area contributed by atoms with Crippen LogP contribution in [-0.4, -0.2) is 35.1 Å². The van der Waals surface area contributed by atoms with Crippen molar-refractivity contribution >= 4 is 17.5 Å². The molecular formula is C20H21N5O3. The van der Waals surface area contributed by atoms with Gasteiger partial charge in [0.05, 0.1) is 19.9 Å². The van der Waals surface area contributed by atoms with E-state index < -0.39 is 0 Å². The molecule has 0 aliphatic heterocycles. The van der Waals surface area contributed by atoms with Crippen molar-refractivity contribution in [2.75, 3.05) is 19.5 Å². The summed E-state index contributed by atoms with van der Waals surface area (Å²) < 4.78 is 10.6. The summed E-state index contributed by atoms with van der Waals surface area (Å²) in [5.74, 6) is 1.26. The maximum atomic E-state index is 12.5. The lowest BCUT2D eigenvalue weighted by molar-refractivity contribution is 0.0945. The van der Waals surface area contributed by atoms with E-state index in [9.17, 15) is 4.79 Å². The maximum absolute atomic E-state index is 12.5. The minimum Gasteiger partial charge on any atom is -0.497 e. The van der Waals surface area contributed by atoms with Gasteiger partial charge in [0.15, 0.2) is 0 Å². The Morgan fingerprint density at radius 3 is 2.68 bits per heavy atom. The minimum absolute atomic E-state index is 0.265. The molecule has 0 bridgehead atoms. The third-order valence-electron chi connectivity index (χ3n) is 3.92. The predicted molar refractivity (Wildman–Crippen MR) is 105 cm³/mol. The molecule has 8 nitrogen and oxygen atoms in total. The van der Waals surface area contributed by atoms with Crippen LogP contribution in [0.2, 0.25) is 0 Å². The van der Waals surface area contributed by atoms with Crippen LogP contribution < -0.4 is 20.1 Å². The highest BCUT2D eigenvalue weighted by atomic mass is 16.5. The second-order valence-corrected chi connectivity index (χ2v) is 5.95. The van der Waals surface area contributed by atoms with Gasteiger partial charge in [-0.05, 0) is 36.8 Å². The van der Waals surface area contributed by atoms with Gasteiger partial charge in [0, 0.05) is 30.7 Å². The van der Waals surface area contributed by atoms with E-state index in [4.69, 9.17) is 9.47 Å². The van der Waals surface area contributed by atoms with Crippen molar-refractivity contribution in [3.63, 3.8) is 0 Å². The molecule has 2 heterocycles. The number of carbonyl (C=O) groups excluding carboxylic acids is 1. The monoisotopic (exact) mass is 379 g/mol. The van der Waals surface area contributed by atoms with Gasteiger partial charge in [0.25, 0.3) is 5.91 Å². The molecule has 3 rings (SSSR count). The summed E-state index contributed by atoms with van der Waals surface area (Å²) in [7, 11) is 3.15. The highest BCUT2D eigenvalue weighted by molar-refractivity contribution is 5.92. The van der Waals surface area contributed by atoms with E-state index in [-0.39, 0.29) is 17.5 Å². The Morgan fingerprint density at radius 2 is 1.96 bits per heavy atom. The Bertz CT molecular complexity index is 963. The Balaban J connectivity index is 1.79. The summed E-state index contributed by atoms with van der Waals surface area (Å²) in [5.41, 5.74) is 2.46.